The van der Waals surface area contributed by atoms with Crippen molar-refractivity contribution in [3.63, 3.8) is 0 Å². The predicted octanol–water partition coefficient (Wildman–Crippen LogP) is 2.96. The van der Waals surface area contributed by atoms with E-state index in [1.54, 1.807) is 19.2 Å². The molecule has 1 heterocycles. The van der Waals surface area contributed by atoms with Gasteiger partial charge in [0.25, 0.3) is 5.56 Å². The van der Waals surface area contributed by atoms with Gasteiger partial charge < -0.3 is 15.2 Å². The standard InChI is InChI=1S/C19H25ClN4O/c1-15-8-7-11-18(25)24(15)13-6-5-12-22-19(21-2)23-14-16-9-3-4-10-17(16)20/h3-4,7-11H,5-6,12-14H2,1-2H3,(H2,21,22,23). The van der Waals surface area contributed by atoms with Crippen molar-refractivity contribution in [2.45, 2.75) is 32.9 Å². The van der Waals surface area contributed by atoms with Crippen LogP contribution in [0.25, 0.3) is 0 Å². The maximum Gasteiger partial charge on any atom is 0.250 e. The molecule has 134 valence electrons. The van der Waals surface area contributed by atoms with Crippen LogP contribution in [-0.4, -0.2) is 24.1 Å². The Labute approximate surface area is 153 Å². The fourth-order valence-corrected chi connectivity index (χ4v) is 2.76. The van der Waals surface area contributed by atoms with Gasteiger partial charge in [-0.3, -0.25) is 9.79 Å². The minimum Gasteiger partial charge on any atom is -0.356 e. The molecule has 0 fully saturated rings. The number of pyridine rings is 1. The van der Waals surface area contributed by atoms with Gasteiger partial charge in [-0.25, -0.2) is 0 Å². The van der Waals surface area contributed by atoms with Gasteiger partial charge in [-0.1, -0.05) is 35.9 Å². The van der Waals surface area contributed by atoms with Crippen molar-refractivity contribution in [2.75, 3.05) is 13.6 Å². The summed E-state index contributed by atoms with van der Waals surface area (Å²) < 4.78 is 1.81. The first-order chi connectivity index (χ1) is 12.1. The molecular formula is C19H25ClN4O. The Morgan fingerprint density at radius 3 is 2.64 bits per heavy atom. The molecule has 0 radical (unpaired) electrons. The van der Waals surface area contributed by atoms with Gasteiger partial charge in [0.1, 0.15) is 0 Å². The Balaban J connectivity index is 1.71. The second kappa shape index (κ2) is 9.89. The third kappa shape index (κ3) is 5.94. The highest BCUT2D eigenvalue weighted by Crippen LogP contribution is 2.14. The summed E-state index contributed by atoms with van der Waals surface area (Å²) in [5, 5.41) is 7.28. The zero-order chi connectivity index (χ0) is 18.1. The predicted molar refractivity (Wildman–Crippen MR) is 104 cm³/mol. The van der Waals surface area contributed by atoms with Crippen LogP contribution < -0.4 is 16.2 Å². The van der Waals surface area contributed by atoms with Crippen LogP contribution in [0.1, 0.15) is 24.1 Å². The van der Waals surface area contributed by atoms with Crippen molar-refractivity contribution in [3.05, 3.63) is 69.1 Å². The second-order valence-corrected chi connectivity index (χ2v) is 6.22. The lowest BCUT2D eigenvalue weighted by molar-refractivity contribution is 0.575. The first-order valence-corrected chi connectivity index (χ1v) is 8.84. The molecule has 25 heavy (non-hydrogen) atoms. The number of unbranched alkanes of at least 4 members (excludes halogenated alkanes) is 1. The van der Waals surface area contributed by atoms with E-state index in [4.69, 9.17) is 11.6 Å². The molecular weight excluding hydrogens is 336 g/mol. The number of nitrogens with one attached hydrogen (secondary N) is 2. The number of rotatable bonds is 7. The van der Waals surface area contributed by atoms with Gasteiger partial charge in [-0.05, 0) is 37.5 Å². The minimum atomic E-state index is 0.0603. The molecule has 2 N–H and O–H groups in total. The van der Waals surface area contributed by atoms with E-state index >= 15 is 0 Å². The van der Waals surface area contributed by atoms with Crippen LogP contribution in [0, 0.1) is 6.92 Å². The smallest absolute Gasteiger partial charge is 0.250 e. The Hall–Kier alpha value is -2.27. The molecule has 0 saturated heterocycles. The fourth-order valence-electron chi connectivity index (χ4n) is 2.55. The van der Waals surface area contributed by atoms with Crippen LogP contribution in [0.15, 0.2) is 52.3 Å². The van der Waals surface area contributed by atoms with Crippen LogP contribution in [0.4, 0.5) is 0 Å². The molecule has 1 aromatic heterocycles. The maximum atomic E-state index is 11.8. The molecule has 0 aliphatic carbocycles. The van der Waals surface area contributed by atoms with E-state index in [-0.39, 0.29) is 5.56 Å². The molecule has 0 aliphatic heterocycles. The second-order valence-electron chi connectivity index (χ2n) is 5.81. The van der Waals surface area contributed by atoms with Crippen molar-refractivity contribution in [1.82, 2.24) is 15.2 Å². The van der Waals surface area contributed by atoms with Crippen molar-refractivity contribution in [2.24, 2.45) is 4.99 Å². The summed E-state index contributed by atoms with van der Waals surface area (Å²) >= 11 is 6.15. The lowest BCUT2D eigenvalue weighted by atomic mass is 10.2. The van der Waals surface area contributed by atoms with Crippen molar-refractivity contribution in [3.8, 4) is 0 Å². The number of halogens is 1. The molecule has 5 nitrogen and oxygen atoms in total. The highest BCUT2D eigenvalue weighted by molar-refractivity contribution is 6.31. The molecule has 0 saturated carbocycles. The lowest BCUT2D eigenvalue weighted by Gasteiger charge is -2.13. The van der Waals surface area contributed by atoms with E-state index in [0.29, 0.717) is 6.54 Å². The van der Waals surface area contributed by atoms with Crippen molar-refractivity contribution >= 4 is 17.6 Å². The molecule has 1 aromatic carbocycles. The van der Waals surface area contributed by atoms with Crippen molar-refractivity contribution in [1.29, 1.82) is 0 Å². The normalized spacial score (nSPS) is 11.4. The molecule has 0 unspecified atom stereocenters. The summed E-state index contributed by atoms with van der Waals surface area (Å²) in [7, 11) is 1.74. The number of guanidine groups is 1. The molecule has 2 rings (SSSR count). The van der Waals surface area contributed by atoms with Crippen LogP contribution in [0.3, 0.4) is 0 Å². The van der Waals surface area contributed by atoms with Gasteiger partial charge in [0.05, 0.1) is 0 Å². The first-order valence-electron chi connectivity index (χ1n) is 8.46. The fraction of sp³-hybridized carbons (Fsp3) is 0.368. The number of aryl methyl sites for hydroxylation is 1. The molecule has 0 bridgehead atoms. The van der Waals surface area contributed by atoms with E-state index in [1.807, 2.05) is 41.8 Å². The summed E-state index contributed by atoms with van der Waals surface area (Å²) in [4.78, 5) is 16.0. The molecule has 2 aromatic rings. The molecule has 0 aliphatic rings. The average molecular weight is 361 g/mol. The Bertz CT molecular complexity index is 770. The summed E-state index contributed by atoms with van der Waals surface area (Å²) in [5.74, 6) is 0.743. The molecule has 6 heteroatoms. The first kappa shape index (κ1) is 19.1. The van der Waals surface area contributed by atoms with E-state index in [0.717, 1.165) is 48.2 Å². The van der Waals surface area contributed by atoms with Crippen molar-refractivity contribution < 1.29 is 0 Å². The topological polar surface area (TPSA) is 58.4 Å². The number of hydrogen-bond donors (Lipinski definition) is 2. The quantitative estimate of drug-likeness (QED) is 0.453. The summed E-state index contributed by atoms with van der Waals surface area (Å²) in [6.45, 7) is 4.11. The van der Waals surface area contributed by atoms with Gasteiger partial charge in [-0.15, -0.1) is 0 Å². The number of aliphatic imine (C=N–C) groups is 1. The number of nitrogens with zero attached hydrogens (tertiary/aromatic N) is 2. The number of aromatic nitrogens is 1. The summed E-state index contributed by atoms with van der Waals surface area (Å²) in [6, 6.07) is 13.1. The third-order valence-corrected chi connectivity index (χ3v) is 4.37. The van der Waals surface area contributed by atoms with Crippen LogP contribution in [0.2, 0.25) is 5.02 Å². The highest BCUT2D eigenvalue weighted by Gasteiger charge is 2.02. The third-order valence-electron chi connectivity index (χ3n) is 4.00. The zero-order valence-electron chi connectivity index (χ0n) is 14.8. The largest absolute Gasteiger partial charge is 0.356 e. The van der Waals surface area contributed by atoms with Gasteiger partial charge in [-0.2, -0.15) is 0 Å². The highest BCUT2D eigenvalue weighted by atomic mass is 35.5. The van der Waals surface area contributed by atoms with E-state index in [9.17, 15) is 4.79 Å². The van der Waals surface area contributed by atoms with E-state index < -0.39 is 0 Å². The Morgan fingerprint density at radius 1 is 1.12 bits per heavy atom. The molecule has 0 atom stereocenters. The maximum absolute atomic E-state index is 11.8. The minimum absolute atomic E-state index is 0.0603. The van der Waals surface area contributed by atoms with Gasteiger partial charge in [0.15, 0.2) is 5.96 Å². The zero-order valence-corrected chi connectivity index (χ0v) is 15.5. The van der Waals surface area contributed by atoms with E-state index in [2.05, 4.69) is 15.6 Å². The molecule has 0 spiro atoms. The van der Waals surface area contributed by atoms with Crippen LogP contribution >= 0.6 is 11.6 Å². The average Bonchev–Trinajstić information content (AvgIpc) is 2.60. The number of hydrogen-bond acceptors (Lipinski definition) is 2. The Morgan fingerprint density at radius 2 is 1.92 bits per heavy atom. The van der Waals surface area contributed by atoms with Gasteiger partial charge in [0.2, 0.25) is 0 Å². The molecule has 0 amide bonds. The monoisotopic (exact) mass is 360 g/mol. The van der Waals surface area contributed by atoms with Crippen LogP contribution in [0.5, 0.6) is 0 Å². The van der Waals surface area contributed by atoms with Gasteiger partial charge in [0, 0.05) is 43.5 Å². The van der Waals surface area contributed by atoms with E-state index in [1.165, 1.54) is 0 Å². The van der Waals surface area contributed by atoms with Gasteiger partial charge >= 0.3 is 0 Å². The summed E-state index contributed by atoms with van der Waals surface area (Å²) in [6.07, 6.45) is 1.88. The lowest BCUT2D eigenvalue weighted by Crippen LogP contribution is -2.37. The summed E-state index contributed by atoms with van der Waals surface area (Å²) in [5.41, 5.74) is 2.09. The SMILES string of the molecule is CN=C(NCCCCn1c(C)cccc1=O)NCc1ccccc1Cl. The Kier molecular flexibility index (Phi) is 7.54. The number of benzene rings is 1. The van der Waals surface area contributed by atoms with Crippen LogP contribution in [-0.2, 0) is 13.1 Å².